The fourth-order valence-electron chi connectivity index (χ4n) is 3.37. The van der Waals surface area contributed by atoms with Gasteiger partial charge < -0.3 is 10.2 Å². The van der Waals surface area contributed by atoms with Crippen molar-refractivity contribution in [2.45, 2.75) is 39.8 Å². The highest BCUT2D eigenvalue weighted by Gasteiger charge is 2.31. The Bertz CT molecular complexity index is 1040. The molecule has 2 aromatic carbocycles. The number of nitrogens with zero attached hydrogens (tertiary/aromatic N) is 2. The summed E-state index contributed by atoms with van der Waals surface area (Å²) in [7, 11) is -3.78. The van der Waals surface area contributed by atoms with Crippen LogP contribution in [0.15, 0.2) is 54.6 Å². The summed E-state index contributed by atoms with van der Waals surface area (Å²) in [6.07, 6.45) is 1.42. The van der Waals surface area contributed by atoms with E-state index in [2.05, 4.69) is 5.32 Å². The Morgan fingerprint density at radius 1 is 1.06 bits per heavy atom. The van der Waals surface area contributed by atoms with Crippen molar-refractivity contribution in [2.24, 2.45) is 5.92 Å². The minimum absolute atomic E-state index is 0.181. The second-order valence-electron chi connectivity index (χ2n) is 8.32. The predicted molar refractivity (Wildman–Crippen MR) is 133 cm³/mol. The SMILES string of the molecule is CCC(C(=O)NCC(C)C)N(Cc1ccccc1)C(=O)CN(c1cccc(Cl)c1)S(C)(=O)=O. The standard InChI is InChI=1S/C24H32ClN3O4S/c1-5-22(24(30)26-15-18(2)3)27(16-19-10-7-6-8-11-19)23(29)17-28(33(4,31)32)21-13-9-12-20(25)14-21/h6-14,18,22H,5,15-17H2,1-4H3,(H,26,30). The van der Waals surface area contributed by atoms with Crippen molar-refractivity contribution in [1.82, 2.24) is 10.2 Å². The van der Waals surface area contributed by atoms with E-state index in [1.165, 1.54) is 11.0 Å². The van der Waals surface area contributed by atoms with E-state index in [-0.39, 0.29) is 24.1 Å². The molecule has 1 unspecified atom stereocenters. The van der Waals surface area contributed by atoms with E-state index < -0.39 is 28.5 Å². The van der Waals surface area contributed by atoms with Gasteiger partial charge in [0.25, 0.3) is 0 Å². The maximum Gasteiger partial charge on any atom is 0.244 e. The molecule has 1 N–H and O–H groups in total. The molecule has 1 atom stereocenters. The van der Waals surface area contributed by atoms with Crippen molar-refractivity contribution < 1.29 is 18.0 Å². The molecule has 0 saturated heterocycles. The third-order valence-electron chi connectivity index (χ3n) is 5.04. The van der Waals surface area contributed by atoms with Crippen molar-refractivity contribution in [2.75, 3.05) is 23.7 Å². The lowest BCUT2D eigenvalue weighted by Gasteiger charge is -2.33. The van der Waals surface area contributed by atoms with Crippen LogP contribution >= 0.6 is 11.6 Å². The van der Waals surface area contributed by atoms with E-state index >= 15 is 0 Å². The Kier molecular flexibility index (Phi) is 9.73. The molecule has 180 valence electrons. The Labute approximate surface area is 201 Å². The van der Waals surface area contributed by atoms with Crippen LogP contribution < -0.4 is 9.62 Å². The average molecular weight is 494 g/mol. The summed E-state index contributed by atoms with van der Waals surface area (Å²) in [6, 6.07) is 14.9. The van der Waals surface area contributed by atoms with Crippen LogP contribution in [0, 0.1) is 5.92 Å². The lowest BCUT2D eigenvalue weighted by atomic mass is 10.1. The number of sulfonamides is 1. The third-order valence-corrected chi connectivity index (χ3v) is 6.42. The van der Waals surface area contributed by atoms with Gasteiger partial charge in [-0.1, -0.05) is 68.8 Å². The zero-order valence-corrected chi connectivity index (χ0v) is 21.1. The van der Waals surface area contributed by atoms with Crippen LogP contribution in [-0.2, 0) is 26.2 Å². The summed E-state index contributed by atoms with van der Waals surface area (Å²) >= 11 is 6.05. The molecule has 7 nitrogen and oxygen atoms in total. The van der Waals surface area contributed by atoms with E-state index in [0.717, 1.165) is 16.1 Å². The highest BCUT2D eigenvalue weighted by molar-refractivity contribution is 7.92. The summed E-state index contributed by atoms with van der Waals surface area (Å²) in [5.74, 6) is -0.478. The fraction of sp³-hybridized carbons (Fsp3) is 0.417. The maximum absolute atomic E-state index is 13.5. The van der Waals surface area contributed by atoms with Crippen LogP contribution in [0.25, 0.3) is 0 Å². The molecule has 0 saturated carbocycles. The molecule has 2 amide bonds. The molecule has 0 aliphatic rings. The molecule has 2 aromatic rings. The summed E-state index contributed by atoms with van der Waals surface area (Å²) < 4.78 is 26.1. The number of carbonyl (C=O) groups is 2. The quantitative estimate of drug-likeness (QED) is 0.517. The Balaban J connectivity index is 2.39. The van der Waals surface area contributed by atoms with Gasteiger partial charge in [0.15, 0.2) is 0 Å². The van der Waals surface area contributed by atoms with Gasteiger partial charge in [-0.2, -0.15) is 0 Å². The molecule has 0 aliphatic heterocycles. The smallest absolute Gasteiger partial charge is 0.244 e. The number of carbonyl (C=O) groups excluding carboxylic acids is 2. The van der Waals surface area contributed by atoms with Gasteiger partial charge in [0.05, 0.1) is 11.9 Å². The molecule has 0 aromatic heterocycles. The van der Waals surface area contributed by atoms with Gasteiger partial charge in [-0.25, -0.2) is 8.42 Å². The summed E-state index contributed by atoms with van der Waals surface area (Å²) in [5, 5.41) is 3.25. The highest BCUT2D eigenvalue weighted by Crippen LogP contribution is 2.23. The van der Waals surface area contributed by atoms with Gasteiger partial charge in [-0.3, -0.25) is 13.9 Å². The lowest BCUT2D eigenvalue weighted by molar-refractivity contribution is -0.140. The summed E-state index contributed by atoms with van der Waals surface area (Å²) in [6.45, 7) is 6.03. The van der Waals surface area contributed by atoms with Gasteiger partial charge >= 0.3 is 0 Å². The lowest BCUT2D eigenvalue weighted by Crippen LogP contribution is -2.52. The predicted octanol–water partition coefficient (Wildman–Crippen LogP) is 3.69. The molecular formula is C24H32ClN3O4S. The first-order chi connectivity index (χ1) is 15.5. The van der Waals surface area contributed by atoms with E-state index in [1.807, 2.05) is 51.1 Å². The van der Waals surface area contributed by atoms with Crippen molar-refractivity contribution in [3.05, 3.63) is 65.2 Å². The van der Waals surface area contributed by atoms with E-state index in [0.29, 0.717) is 18.0 Å². The third kappa shape index (κ3) is 8.05. The number of benzene rings is 2. The first-order valence-electron chi connectivity index (χ1n) is 10.9. The second kappa shape index (κ2) is 12.0. The van der Waals surface area contributed by atoms with Crippen molar-refractivity contribution in [3.8, 4) is 0 Å². The number of rotatable bonds is 11. The van der Waals surface area contributed by atoms with Crippen LogP contribution in [0.4, 0.5) is 5.69 Å². The number of halogens is 1. The van der Waals surface area contributed by atoms with Gasteiger partial charge in [0, 0.05) is 18.1 Å². The van der Waals surface area contributed by atoms with Gasteiger partial charge in [-0.15, -0.1) is 0 Å². The molecule has 0 spiro atoms. The first-order valence-corrected chi connectivity index (χ1v) is 13.1. The largest absolute Gasteiger partial charge is 0.354 e. The Hall–Kier alpha value is -2.58. The molecule has 0 heterocycles. The summed E-state index contributed by atoms with van der Waals surface area (Å²) in [5.41, 5.74) is 1.13. The average Bonchev–Trinajstić information content (AvgIpc) is 2.75. The normalized spacial score (nSPS) is 12.3. The van der Waals surface area contributed by atoms with Crippen molar-refractivity contribution in [3.63, 3.8) is 0 Å². The van der Waals surface area contributed by atoms with Gasteiger partial charge in [0.1, 0.15) is 12.6 Å². The molecule has 0 fully saturated rings. The monoisotopic (exact) mass is 493 g/mol. The van der Waals surface area contributed by atoms with Crippen molar-refractivity contribution >= 4 is 39.1 Å². The molecule has 0 aliphatic carbocycles. The van der Waals surface area contributed by atoms with Crippen LogP contribution in [0.2, 0.25) is 5.02 Å². The Morgan fingerprint density at radius 3 is 2.27 bits per heavy atom. The molecule has 0 radical (unpaired) electrons. The van der Waals surface area contributed by atoms with Gasteiger partial charge in [0.2, 0.25) is 21.8 Å². The number of hydrogen-bond acceptors (Lipinski definition) is 4. The highest BCUT2D eigenvalue weighted by atomic mass is 35.5. The van der Waals surface area contributed by atoms with E-state index in [4.69, 9.17) is 11.6 Å². The first kappa shape index (κ1) is 26.7. The zero-order chi connectivity index (χ0) is 24.6. The molecule has 33 heavy (non-hydrogen) atoms. The second-order valence-corrected chi connectivity index (χ2v) is 10.7. The van der Waals surface area contributed by atoms with E-state index in [1.54, 1.807) is 18.2 Å². The molecule has 2 rings (SSSR count). The van der Waals surface area contributed by atoms with Crippen LogP contribution in [0.5, 0.6) is 0 Å². The minimum Gasteiger partial charge on any atom is -0.354 e. The number of anilines is 1. The number of amides is 2. The molecule has 0 bridgehead atoms. The zero-order valence-electron chi connectivity index (χ0n) is 19.5. The molecule has 9 heteroatoms. The maximum atomic E-state index is 13.5. The van der Waals surface area contributed by atoms with Crippen LogP contribution in [0.1, 0.15) is 32.8 Å². The minimum atomic E-state index is -3.78. The molecular weight excluding hydrogens is 462 g/mol. The number of nitrogens with one attached hydrogen (secondary N) is 1. The van der Waals surface area contributed by atoms with Gasteiger partial charge in [-0.05, 0) is 36.1 Å². The van der Waals surface area contributed by atoms with E-state index in [9.17, 15) is 18.0 Å². The topological polar surface area (TPSA) is 86.8 Å². The van der Waals surface area contributed by atoms with Crippen LogP contribution in [-0.4, -0.2) is 50.5 Å². The number of hydrogen-bond donors (Lipinski definition) is 1. The van der Waals surface area contributed by atoms with Crippen LogP contribution in [0.3, 0.4) is 0 Å². The summed E-state index contributed by atoms with van der Waals surface area (Å²) in [4.78, 5) is 27.9. The Morgan fingerprint density at radius 2 is 1.73 bits per heavy atom. The fourth-order valence-corrected chi connectivity index (χ4v) is 4.39. The van der Waals surface area contributed by atoms with Crippen molar-refractivity contribution in [1.29, 1.82) is 0 Å².